The predicted molar refractivity (Wildman–Crippen MR) is 154 cm³/mol. The average molecular weight is 477 g/mol. The smallest absolute Gasteiger partial charge is 0.0893 e. The summed E-state index contributed by atoms with van der Waals surface area (Å²) in [5, 5.41) is 0. The zero-order valence-corrected chi connectivity index (χ0v) is 23.8. The Kier molecular flexibility index (Phi) is 23.5. The van der Waals surface area contributed by atoms with Crippen LogP contribution in [0.4, 0.5) is 0 Å². The van der Waals surface area contributed by atoms with Crippen molar-refractivity contribution in [2.45, 2.75) is 174 Å². The maximum atomic E-state index is 2.53. The van der Waals surface area contributed by atoms with Gasteiger partial charge in [-0.05, 0) is 12.8 Å². The summed E-state index contributed by atoms with van der Waals surface area (Å²) < 4.78 is 0. The second-order valence-electron chi connectivity index (χ2n) is 11.2. The Hall–Kier alpha value is -0.660. The molecule has 2 heteroatoms. The Balaban J connectivity index is 1.76. The molecule has 1 rings (SSSR count). The molecule has 0 bridgehead atoms. The molecule has 0 aromatic rings. The first-order chi connectivity index (χ1) is 16.9. The normalized spacial score (nSPS) is 13.5. The molecule has 0 radical (unpaired) electrons. The van der Waals surface area contributed by atoms with Crippen molar-refractivity contribution in [1.82, 2.24) is 9.80 Å². The third-order valence-corrected chi connectivity index (χ3v) is 7.70. The molecule has 0 saturated carbocycles. The van der Waals surface area contributed by atoms with Gasteiger partial charge < -0.3 is 9.80 Å². The van der Waals surface area contributed by atoms with Gasteiger partial charge in [0.05, 0.1) is 6.67 Å². The highest BCUT2D eigenvalue weighted by Gasteiger charge is 2.10. The van der Waals surface area contributed by atoms with Crippen molar-refractivity contribution >= 4 is 0 Å². The minimum atomic E-state index is 1.14. The van der Waals surface area contributed by atoms with Gasteiger partial charge >= 0.3 is 0 Å². The van der Waals surface area contributed by atoms with Crippen LogP contribution in [0.2, 0.25) is 0 Å². The molecule has 0 aliphatic carbocycles. The molecular formula is C32H64N2. The van der Waals surface area contributed by atoms with Crippen LogP contribution in [0.3, 0.4) is 0 Å². The molecule has 0 atom stereocenters. The fraction of sp³-hybridized carbons (Fsp3) is 0.938. The average Bonchev–Trinajstić information content (AvgIpc) is 3.30. The van der Waals surface area contributed by atoms with E-state index in [9.17, 15) is 0 Å². The van der Waals surface area contributed by atoms with E-state index < -0.39 is 0 Å². The van der Waals surface area contributed by atoms with Crippen molar-refractivity contribution in [1.29, 1.82) is 0 Å². The first-order valence-electron chi connectivity index (χ1n) is 16.0. The largest absolute Gasteiger partial charge is 0.359 e. The molecule has 202 valence electrons. The maximum absolute atomic E-state index is 2.53. The summed E-state index contributed by atoms with van der Waals surface area (Å²) in [6.07, 6.45) is 40.7. The Morgan fingerprint density at radius 2 is 0.588 bits per heavy atom. The first kappa shape index (κ1) is 31.4. The van der Waals surface area contributed by atoms with Crippen LogP contribution in [0.1, 0.15) is 174 Å². The Labute approximate surface area is 216 Å². The van der Waals surface area contributed by atoms with Gasteiger partial charge in [0.25, 0.3) is 0 Å². The van der Waals surface area contributed by atoms with E-state index in [0.717, 1.165) is 6.67 Å². The van der Waals surface area contributed by atoms with Gasteiger partial charge in [0.2, 0.25) is 0 Å². The lowest BCUT2D eigenvalue weighted by Gasteiger charge is -2.21. The molecule has 0 aromatic heterocycles. The summed E-state index contributed by atoms with van der Waals surface area (Å²) in [4.78, 5) is 5.05. The van der Waals surface area contributed by atoms with Gasteiger partial charge in [-0.25, -0.2) is 0 Å². The van der Waals surface area contributed by atoms with Crippen LogP contribution in [-0.2, 0) is 0 Å². The molecule has 0 N–H and O–H groups in total. The molecule has 1 aliphatic rings. The maximum Gasteiger partial charge on any atom is 0.0893 e. The number of hydrogen-bond donors (Lipinski definition) is 0. The molecule has 1 aliphatic heterocycles. The van der Waals surface area contributed by atoms with Crippen LogP contribution in [0.5, 0.6) is 0 Å². The van der Waals surface area contributed by atoms with Crippen LogP contribution in [0.15, 0.2) is 12.4 Å². The zero-order valence-electron chi connectivity index (χ0n) is 23.8. The number of nitrogens with zero attached hydrogens (tertiary/aromatic N) is 2. The highest BCUT2D eigenvalue weighted by Crippen LogP contribution is 2.15. The standard InChI is InChI=1S/C32H64N2/c1-3-5-7-9-11-13-15-16-17-19-21-23-25-27-29-34-31-30-33(32-34)28-26-24-22-20-18-14-12-10-8-6-4-2/h30-31H,3-29,32H2,1-2H3. The van der Waals surface area contributed by atoms with E-state index in [2.05, 4.69) is 36.0 Å². The lowest BCUT2D eigenvalue weighted by molar-refractivity contribution is 0.257. The van der Waals surface area contributed by atoms with Crippen LogP contribution in [0, 0.1) is 0 Å². The molecule has 0 unspecified atom stereocenters. The second-order valence-corrected chi connectivity index (χ2v) is 11.2. The highest BCUT2D eigenvalue weighted by atomic mass is 15.3. The van der Waals surface area contributed by atoms with E-state index in [-0.39, 0.29) is 0 Å². The van der Waals surface area contributed by atoms with Crippen molar-refractivity contribution in [2.24, 2.45) is 0 Å². The molecule has 0 spiro atoms. The summed E-state index contributed by atoms with van der Waals surface area (Å²) in [6, 6.07) is 0. The van der Waals surface area contributed by atoms with Gasteiger partial charge in [0, 0.05) is 25.5 Å². The van der Waals surface area contributed by atoms with Crippen molar-refractivity contribution in [3.8, 4) is 0 Å². The van der Waals surface area contributed by atoms with Gasteiger partial charge in [-0.3, -0.25) is 0 Å². The van der Waals surface area contributed by atoms with E-state index >= 15 is 0 Å². The number of unbranched alkanes of at least 4 members (excludes halogenated alkanes) is 23. The Morgan fingerprint density at radius 1 is 0.353 bits per heavy atom. The summed E-state index contributed by atoms with van der Waals surface area (Å²) in [5.74, 6) is 0. The molecule has 0 aromatic carbocycles. The Morgan fingerprint density at radius 3 is 0.853 bits per heavy atom. The summed E-state index contributed by atoms with van der Waals surface area (Å²) in [5.41, 5.74) is 0. The van der Waals surface area contributed by atoms with Crippen molar-refractivity contribution < 1.29 is 0 Å². The number of rotatable bonds is 27. The van der Waals surface area contributed by atoms with E-state index in [4.69, 9.17) is 0 Å². The second kappa shape index (κ2) is 25.4. The molecule has 0 saturated heterocycles. The van der Waals surface area contributed by atoms with Crippen molar-refractivity contribution in [3.05, 3.63) is 12.4 Å². The fourth-order valence-electron chi connectivity index (χ4n) is 5.30. The lowest BCUT2D eigenvalue weighted by Crippen LogP contribution is -2.26. The molecular weight excluding hydrogens is 412 g/mol. The molecule has 34 heavy (non-hydrogen) atoms. The first-order valence-corrected chi connectivity index (χ1v) is 16.0. The highest BCUT2D eigenvalue weighted by molar-refractivity contribution is 4.90. The van der Waals surface area contributed by atoms with E-state index in [1.165, 1.54) is 174 Å². The van der Waals surface area contributed by atoms with Crippen LogP contribution >= 0.6 is 0 Å². The van der Waals surface area contributed by atoms with Gasteiger partial charge in [0.15, 0.2) is 0 Å². The fourth-order valence-corrected chi connectivity index (χ4v) is 5.30. The van der Waals surface area contributed by atoms with Gasteiger partial charge in [-0.2, -0.15) is 0 Å². The zero-order chi connectivity index (χ0) is 24.4. The van der Waals surface area contributed by atoms with E-state index in [1.54, 1.807) is 0 Å². The van der Waals surface area contributed by atoms with Gasteiger partial charge in [-0.1, -0.05) is 162 Å². The van der Waals surface area contributed by atoms with Gasteiger partial charge in [0.1, 0.15) is 0 Å². The molecule has 0 amide bonds. The summed E-state index contributed by atoms with van der Waals surface area (Å²) >= 11 is 0. The molecule has 1 heterocycles. The monoisotopic (exact) mass is 477 g/mol. The van der Waals surface area contributed by atoms with Crippen molar-refractivity contribution in [2.75, 3.05) is 19.8 Å². The number of hydrogen-bond acceptors (Lipinski definition) is 2. The molecule has 0 fully saturated rings. The van der Waals surface area contributed by atoms with Crippen LogP contribution in [0.25, 0.3) is 0 Å². The quantitative estimate of drug-likeness (QED) is 0.109. The minimum absolute atomic E-state index is 1.14. The third kappa shape index (κ3) is 20.7. The Bertz CT molecular complexity index is 419. The summed E-state index contributed by atoms with van der Waals surface area (Å²) in [7, 11) is 0. The SMILES string of the molecule is CCCCCCCCCCCCCCCCN1C=CN(CCCCCCCCCCCCC)C1. The lowest BCUT2D eigenvalue weighted by atomic mass is 10.0. The topological polar surface area (TPSA) is 6.48 Å². The van der Waals surface area contributed by atoms with Gasteiger partial charge in [-0.15, -0.1) is 0 Å². The summed E-state index contributed by atoms with van der Waals surface area (Å²) in [6.45, 7) is 8.25. The molecule has 2 nitrogen and oxygen atoms in total. The van der Waals surface area contributed by atoms with E-state index in [1.807, 2.05) is 0 Å². The third-order valence-electron chi connectivity index (χ3n) is 7.70. The van der Waals surface area contributed by atoms with Crippen LogP contribution in [-0.4, -0.2) is 29.6 Å². The van der Waals surface area contributed by atoms with E-state index in [0.29, 0.717) is 0 Å². The predicted octanol–water partition coefficient (Wildman–Crippen LogP) is 10.8. The van der Waals surface area contributed by atoms with Crippen LogP contribution < -0.4 is 0 Å². The minimum Gasteiger partial charge on any atom is -0.359 e. The van der Waals surface area contributed by atoms with Crippen molar-refractivity contribution in [3.63, 3.8) is 0 Å².